The van der Waals surface area contributed by atoms with E-state index >= 15 is 0 Å². The van der Waals surface area contributed by atoms with Gasteiger partial charge in [0, 0.05) is 29.4 Å². The van der Waals surface area contributed by atoms with Gasteiger partial charge < -0.3 is 19.7 Å². The highest BCUT2D eigenvalue weighted by molar-refractivity contribution is 7.99. The molecule has 0 aromatic heterocycles. The maximum Gasteiger partial charge on any atom is 0.130 e. The van der Waals surface area contributed by atoms with Gasteiger partial charge in [0.15, 0.2) is 0 Å². The molecule has 1 aliphatic rings. The Morgan fingerprint density at radius 3 is 2.65 bits per heavy atom. The van der Waals surface area contributed by atoms with Gasteiger partial charge in [0.05, 0.1) is 12.3 Å². The Kier molecular flexibility index (Phi) is 7.51. The lowest BCUT2D eigenvalue weighted by Crippen LogP contribution is -2.33. The molecule has 3 aromatic rings. The van der Waals surface area contributed by atoms with Crippen LogP contribution in [0.2, 0.25) is 0 Å². The van der Waals surface area contributed by atoms with E-state index < -0.39 is 0 Å². The minimum absolute atomic E-state index is 0.496. The first kappa shape index (κ1) is 21.3. The highest BCUT2D eigenvalue weighted by atomic mass is 32.2. The van der Waals surface area contributed by atoms with Gasteiger partial charge in [-0.3, -0.25) is 0 Å². The number of para-hydroxylation sites is 1. The second-order valence-electron chi connectivity index (χ2n) is 7.52. The molecule has 3 aromatic carbocycles. The number of benzene rings is 3. The minimum Gasteiger partial charge on any atom is -0.492 e. The predicted molar refractivity (Wildman–Crippen MR) is 129 cm³/mol. The third kappa shape index (κ3) is 5.82. The van der Waals surface area contributed by atoms with Crippen molar-refractivity contribution in [2.45, 2.75) is 24.3 Å². The Bertz CT molecular complexity index is 976. The fourth-order valence-corrected chi connectivity index (χ4v) is 4.55. The molecular weight excluding hydrogens is 404 g/mol. The van der Waals surface area contributed by atoms with Crippen molar-refractivity contribution in [3.8, 4) is 5.75 Å². The summed E-state index contributed by atoms with van der Waals surface area (Å²) in [6.07, 6.45) is 3.22. The van der Waals surface area contributed by atoms with Gasteiger partial charge in [0.1, 0.15) is 18.6 Å². The lowest BCUT2D eigenvalue weighted by Gasteiger charge is -2.32. The van der Waals surface area contributed by atoms with Crippen LogP contribution in [0.25, 0.3) is 0 Å². The second-order valence-corrected chi connectivity index (χ2v) is 8.62. The molecule has 1 aliphatic heterocycles. The van der Waals surface area contributed by atoms with Crippen molar-refractivity contribution in [2.24, 2.45) is 0 Å². The van der Waals surface area contributed by atoms with Crippen molar-refractivity contribution < 1.29 is 9.53 Å². The standard InChI is InChI=1S/C26H28N2O2S/c29-17-19-31-24-13-11-22(12-14-24)27-20-21-6-4-10-26-25(21)9-5-15-28(26)16-18-30-23-7-2-1-3-8-23/h1-4,6-8,10-14,17,27H,5,9,15-16,18-20H2. The number of ether oxygens (including phenoxy) is 1. The fraction of sp³-hybridized carbons (Fsp3) is 0.269. The molecule has 0 saturated carbocycles. The van der Waals surface area contributed by atoms with E-state index in [1.807, 2.05) is 30.3 Å². The van der Waals surface area contributed by atoms with Crippen LogP contribution in [0, 0.1) is 0 Å². The average molecular weight is 433 g/mol. The zero-order valence-electron chi connectivity index (χ0n) is 17.6. The second kappa shape index (κ2) is 10.9. The summed E-state index contributed by atoms with van der Waals surface area (Å²) in [5.74, 6) is 1.42. The number of thioether (sulfide) groups is 1. The molecule has 0 bridgehead atoms. The topological polar surface area (TPSA) is 41.6 Å². The van der Waals surface area contributed by atoms with E-state index in [2.05, 4.69) is 52.7 Å². The summed E-state index contributed by atoms with van der Waals surface area (Å²) >= 11 is 1.56. The highest BCUT2D eigenvalue weighted by Gasteiger charge is 2.19. The first-order valence-electron chi connectivity index (χ1n) is 10.8. The number of rotatable bonds is 10. The van der Waals surface area contributed by atoms with E-state index in [1.54, 1.807) is 11.8 Å². The Morgan fingerprint density at radius 2 is 1.84 bits per heavy atom. The summed E-state index contributed by atoms with van der Waals surface area (Å²) in [5.41, 5.74) is 5.23. The number of nitrogens with zero attached hydrogens (tertiary/aromatic N) is 1. The Labute approximate surface area is 188 Å². The molecule has 1 N–H and O–H groups in total. The van der Waals surface area contributed by atoms with Crippen LogP contribution in [0.1, 0.15) is 17.5 Å². The van der Waals surface area contributed by atoms with Crippen LogP contribution in [-0.2, 0) is 17.8 Å². The van der Waals surface area contributed by atoms with Crippen molar-refractivity contribution in [3.05, 3.63) is 83.9 Å². The molecule has 0 atom stereocenters. The number of carbonyl (C=O) groups excluding carboxylic acids is 1. The monoisotopic (exact) mass is 432 g/mol. The molecule has 0 unspecified atom stereocenters. The summed E-state index contributed by atoms with van der Waals surface area (Å²) in [6.45, 7) is 3.44. The number of nitrogens with one attached hydrogen (secondary N) is 1. The van der Waals surface area contributed by atoms with Gasteiger partial charge in [-0.1, -0.05) is 30.3 Å². The average Bonchev–Trinajstić information content (AvgIpc) is 2.83. The van der Waals surface area contributed by atoms with E-state index in [9.17, 15) is 4.79 Å². The lowest BCUT2D eigenvalue weighted by atomic mass is 9.96. The van der Waals surface area contributed by atoms with Gasteiger partial charge in [0.25, 0.3) is 0 Å². The molecule has 0 fully saturated rings. The van der Waals surface area contributed by atoms with Crippen molar-refractivity contribution in [1.29, 1.82) is 0 Å². The maximum atomic E-state index is 10.5. The van der Waals surface area contributed by atoms with Gasteiger partial charge in [-0.2, -0.15) is 0 Å². The number of hydrogen-bond donors (Lipinski definition) is 1. The first-order valence-corrected chi connectivity index (χ1v) is 11.8. The molecule has 0 aliphatic carbocycles. The number of aldehydes is 1. The van der Waals surface area contributed by atoms with Crippen LogP contribution in [0.4, 0.5) is 11.4 Å². The maximum absolute atomic E-state index is 10.5. The van der Waals surface area contributed by atoms with Crippen LogP contribution >= 0.6 is 11.8 Å². The molecular formula is C26H28N2O2S. The van der Waals surface area contributed by atoms with E-state index in [4.69, 9.17) is 4.74 Å². The minimum atomic E-state index is 0.496. The normalized spacial score (nSPS) is 12.8. The smallest absolute Gasteiger partial charge is 0.130 e. The molecule has 1 heterocycles. The van der Waals surface area contributed by atoms with Crippen LogP contribution in [0.5, 0.6) is 5.75 Å². The number of anilines is 2. The summed E-state index contributed by atoms with van der Waals surface area (Å²) in [6, 6.07) is 24.9. The molecule has 0 radical (unpaired) electrons. The molecule has 4 nitrogen and oxygen atoms in total. The SMILES string of the molecule is O=CCSc1ccc(NCc2cccc3c2CCCN3CCOc2ccccc2)cc1. The van der Waals surface area contributed by atoms with E-state index in [-0.39, 0.29) is 0 Å². The quantitative estimate of drug-likeness (QED) is 0.342. The molecule has 0 saturated heterocycles. The third-order valence-corrected chi connectivity index (χ3v) is 6.38. The Morgan fingerprint density at radius 1 is 1.00 bits per heavy atom. The summed E-state index contributed by atoms with van der Waals surface area (Å²) in [7, 11) is 0. The predicted octanol–water partition coefficient (Wildman–Crippen LogP) is 5.42. The number of hydrogen-bond acceptors (Lipinski definition) is 5. The van der Waals surface area contributed by atoms with E-state index in [0.717, 1.165) is 55.1 Å². The van der Waals surface area contributed by atoms with Gasteiger partial charge in [0.2, 0.25) is 0 Å². The molecule has 160 valence electrons. The number of carbonyl (C=O) groups is 1. The van der Waals surface area contributed by atoms with Crippen LogP contribution in [0.3, 0.4) is 0 Å². The van der Waals surface area contributed by atoms with E-state index in [1.165, 1.54) is 16.8 Å². The summed E-state index contributed by atoms with van der Waals surface area (Å²) in [4.78, 5) is 14.1. The third-order valence-electron chi connectivity index (χ3n) is 5.47. The summed E-state index contributed by atoms with van der Waals surface area (Å²) < 4.78 is 5.92. The van der Waals surface area contributed by atoms with Crippen molar-refractivity contribution in [2.75, 3.05) is 35.7 Å². The zero-order valence-corrected chi connectivity index (χ0v) is 18.4. The van der Waals surface area contributed by atoms with Crippen molar-refractivity contribution in [1.82, 2.24) is 0 Å². The Hall–Kier alpha value is -2.92. The highest BCUT2D eigenvalue weighted by Crippen LogP contribution is 2.30. The van der Waals surface area contributed by atoms with Crippen molar-refractivity contribution >= 4 is 29.4 Å². The molecule has 0 spiro atoms. The van der Waals surface area contributed by atoms with Gasteiger partial charge in [-0.15, -0.1) is 11.8 Å². The first-order chi connectivity index (χ1) is 15.3. The van der Waals surface area contributed by atoms with Crippen molar-refractivity contribution in [3.63, 3.8) is 0 Å². The molecule has 5 heteroatoms. The van der Waals surface area contributed by atoms with Crippen LogP contribution in [0.15, 0.2) is 77.7 Å². The summed E-state index contributed by atoms with van der Waals surface area (Å²) in [5, 5.41) is 3.55. The molecule has 0 amide bonds. The number of fused-ring (bicyclic) bond motifs is 1. The Balaban J connectivity index is 1.36. The lowest BCUT2D eigenvalue weighted by molar-refractivity contribution is -0.105. The van der Waals surface area contributed by atoms with Crippen LogP contribution in [-0.4, -0.2) is 31.7 Å². The zero-order chi connectivity index (χ0) is 21.3. The van der Waals surface area contributed by atoms with Crippen LogP contribution < -0.4 is 15.0 Å². The molecule has 31 heavy (non-hydrogen) atoms. The fourth-order valence-electron chi connectivity index (χ4n) is 3.96. The van der Waals surface area contributed by atoms with Gasteiger partial charge in [-0.05, 0) is 66.4 Å². The van der Waals surface area contributed by atoms with Gasteiger partial charge in [-0.25, -0.2) is 0 Å². The molecule has 4 rings (SSSR count). The largest absolute Gasteiger partial charge is 0.492 e. The van der Waals surface area contributed by atoms with E-state index in [0.29, 0.717) is 12.4 Å². The van der Waals surface area contributed by atoms with Gasteiger partial charge >= 0.3 is 0 Å².